The van der Waals surface area contributed by atoms with E-state index in [1.807, 2.05) is 12.2 Å². The van der Waals surface area contributed by atoms with E-state index >= 15 is 0 Å². The molecule has 0 aliphatic heterocycles. The molecule has 1 unspecified atom stereocenters. The van der Waals surface area contributed by atoms with Gasteiger partial charge in [-0.15, -0.1) is 0 Å². The van der Waals surface area contributed by atoms with Gasteiger partial charge in [-0.05, 0) is 116 Å². The second-order valence-corrected chi connectivity index (χ2v) is 17.0. The Morgan fingerprint density at radius 1 is 0.299 bits per heavy atom. The lowest BCUT2D eigenvalue weighted by Gasteiger charge is -2.18. The summed E-state index contributed by atoms with van der Waals surface area (Å²) in [6.45, 7) is 6.21. The topological polar surface area (TPSA) is 78.9 Å². The number of esters is 3. The normalized spacial score (nSPS) is 13.2. The van der Waals surface area contributed by atoms with Crippen LogP contribution in [-0.4, -0.2) is 37.2 Å². The van der Waals surface area contributed by atoms with E-state index in [4.69, 9.17) is 14.2 Å². The van der Waals surface area contributed by atoms with Crippen molar-refractivity contribution in [3.8, 4) is 0 Å². The number of unbranched alkanes of at least 4 members (excludes halogenated alkanes) is 13. The summed E-state index contributed by atoms with van der Waals surface area (Å²) >= 11 is 0. The number of carbonyl (C=O) groups is 3. The van der Waals surface area contributed by atoms with Crippen molar-refractivity contribution >= 4 is 17.9 Å². The van der Waals surface area contributed by atoms with E-state index in [1.54, 1.807) is 0 Å². The maximum Gasteiger partial charge on any atom is 0.306 e. The first kappa shape index (κ1) is 62.5. The van der Waals surface area contributed by atoms with E-state index in [-0.39, 0.29) is 37.5 Å². The maximum absolute atomic E-state index is 12.8. The molecule has 0 saturated carbocycles. The Morgan fingerprint density at radius 2 is 0.567 bits per heavy atom. The van der Waals surface area contributed by atoms with Crippen molar-refractivity contribution in [1.29, 1.82) is 0 Å². The lowest BCUT2D eigenvalue weighted by molar-refractivity contribution is -0.166. The minimum atomic E-state index is -0.824. The van der Waals surface area contributed by atoms with Crippen molar-refractivity contribution < 1.29 is 28.6 Å². The van der Waals surface area contributed by atoms with E-state index in [1.165, 1.54) is 38.5 Å². The molecular formula is C61H96O6. The maximum atomic E-state index is 12.8. The number of rotatable bonds is 46. The lowest BCUT2D eigenvalue weighted by Crippen LogP contribution is -2.30. The van der Waals surface area contributed by atoms with Crippen LogP contribution in [0.1, 0.15) is 213 Å². The Balaban J connectivity index is 4.55. The summed E-state index contributed by atoms with van der Waals surface area (Å²) in [6.07, 6.45) is 75.9. The molecule has 0 bridgehead atoms. The van der Waals surface area contributed by atoms with Gasteiger partial charge >= 0.3 is 17.9 Å². The van der Waals surface area contributed by atoms with Gasteiger partial charge in [0.05, 0.1) is 0 Å². The smallest absolute Gasteiger partial charge is 0.306 e. The van der Waals surface area contributed by atoms with Gasteiger partial charge in [-0.3, -0.25) is 14.4 Å². The number of hydrogen-bond acceptors (Lipinski definition) is 6. The predicted molar refractivity (Wildman–Crippen MR) is 288 cm³/mol. The third kappa shape index (κ3) is 52.4. The molecule has 0 radical (unpaired) electrons. The second kappa shape index (κ2) is 54.2. The second-order valence-electron chi connectivity index (χ2n) is 17.0. The van der Waals surface area contributed by atoms with Crippen LogP contribution in [-0.2, 0) is 28.6 Å². The fourth-order valence-electron chi connectivity index (χ4n) is 6.75. The monoisotopic (exact) mass is 925 g/mol. The summed E-state index contributed by atoms with van der Waals surface area (Å²) in [5.41, 5.74) is 0. The number of hydrogen-bond donors (Lipinski definition) is 0. The molecule has 0 amide bonds. The van der Waals surface area contributed by atoms with Crippen molar-refractivity contribution in [2.75, 3.05) is 13.2 Å². The summed E-state index contributed by atoms with van der Waals surface area (Å²) in [7, 11) is 0. The van der Waals surface area contributed by atoms with Crippen molar-refractivity contribution in [1.82, 2.24) is 0 Å². The van der Waals surface area contributed by atoms with Crippen molar-refractivity contribution in [3.05, 3.63) is 134 Å². The van der Waals surface area contributed by atoms with Gasteiger partial charge < -0.3 is 14.2 Å². The highest BCUT2D eigenvalue weighted by atomic mass is 16.6. The highest BCUT2D eigenvalue weighted by molar-refractivity contribution is 5.71. The van der Waals surface area contributed by atoms with Gasteiger partial charge in [-0.2, -0.15) is 0 Å². The van der Waals surface area contributed by atoms with Crippen molar-refractivity contribution in [3.63, 3.8) is 0 Å². The van der Waals surface area contributed by atoms with Crippen LogP contribution in [0.15, 0.2) is 134 Å². The van der Waals surface area contributed by atoms with E-state index in [0.29, 0.717) is 19.3 Å². The minimum Gasteiger partial charge on any atom is -0.462 e. The lowest BCUT2D eigenvalue weighted by atomic mass is 10.1. The molecule has 376 valence electrons. The first-order chi connectivity index (χ1) is 33.0. The van der Waals surface area contributed by atoms with E-state index < -0.39 is 6.10 Å². The molecule has 6 nitrogen and oxygen atoms in total. The van der Waals surface area contributed by atoms with Gasteiger partial charge in [-0.25, -0.2) is 0 Å². The molecule has 0 aromatic heterocycles. The van der Waals surface area contributed by atoms with Crippen LogP contribution in [0.25, 0.3) is 0 Å². The quantitative estimate of drug-likeness (QED) is 0.0262. The van der Waals surface area contributed by atoms with Gasteiger partial charge in [0.25, 0.3) is 0 Å². The van der Waals surface area contributed by atoms with Crippen molar-refractivity contribution in [2.24, 2.45) is 0 Å². The highest BCUT2D eigenvalue weighted by Gasteiger charge is 2.19. The van der Waals surface area contributed by atoms with Gasteiger partial charge in [-0.1, -0.05) is 212 Å². The van der Waals surface area contributed by atoms with Crippen LogP contribution in [0.5, 0.6) is 0 Å². The van der Waals surface area contributed by atoms with E-state index in [9.17, 15) is 14.4 Å². The van der Waals surface area contributed by atoms with Crippen LogP contribution >= 0.6 is 0 Å². The first-order valence-corrected chi connectivity index (χ1v) is 26.7. The van der Waals surface area contributed by atoms with Crippen LogP contribution < -0.4 is 0 Å². The number of allylic oxidation sites excluding steroid dienone is 22. The molecule has 0 aliphatic rings. The van der Waals surface area contributed by atoms with Crippen LogP contribution in [0, 0.1) is 0 Å². The highest BCUT2D eigenvalue weighted by Crippen LogP contribution is 2.13. The van der Waals surface area contributed by atoms with E-state index in [0.717, 1.165) is 128 Å². The Bertz CT molecular complexity index is 1480. The number of ether oxygens (including phenoxy) is 3. The largest absolute Gasteiger partial charge is 0.462 e. The van der Waals surface area contributed by atoms with Crippen LogP contribution in [0.3, 0.4) is 0 Å². The fourth-order valence-corrected chi connectivity index (χ4v) is 6.75. The zero-order valence-electron chi connectivity index (χ0n) is 42.9. The average molecular weight is 925 g/mol. The standard InChI is InChI=1S/C61H96O6/c1-4-7-10-13-16-19-22-25-28-30-31-32-34-36-39-42-45-48-51-54-60(63)66-57-58(56-65-59(62)53-50-47-44-41-38-35-27-24-21-18-15-12-9-6-3)67-61(64)55-52-49-46-43-40-37-33-29-26-23-20-17-14-11-8-5-2/h7-12,16-21,25-26,28-29,31-32,36,39,45,48,58H,4-6,13-15,22-24,27,30,33-35,37-38,40-44,46-47,49-57H2,1-3H3/b10-7-,11-8-,12-9-,19-16-,20-17-,21-18-,28-25-,29-26-,32-31-,39-36-,48-45-. The molecule has 0 spiro atoms. The molecule has 6 heteroatoms. The molecule has 0 fully saturated rings. The molecule has 0 saturated heterocycles. The molecule has 0 N–H and O–H groups in total. The molecule has 1 atom stereocenters. The summed E-state index contributed by atoms with van der Waals surface area (Å²) in [5.74, 6) is -1.03. The Kier molecular flexibility index (Phi) is 50.6. The summed E-state index contributed by atoms with van der Waals surface area (Å²) in [4.78, 5) is 38.0. The van der Waals surface area contributed by atoms with E-state index in [2.05, 4.69) is 142 Å². The molecule has 0 rings (SSSR count). The summed E-state index contributed by atoms with van der Waals surface area (Å²) < 4.78 is 16.7. The predicted octanol–water partition coefficient (Wildman–Crippen LogP) is 17.9. The van der Waals surface area contributed by atoms with Crippen LogP contribution in [0.2, 0.25) is 0 Å². The molecule has 0 aliphatic carbocycles. The molecule has 0 aromatic carbocycles. The third-order valence-corrected chi connectivity index (χ3v) is 10.6. The summed E-state index contributed by atoms with van der Waals surface area (Å²) in [6, 6.07) is 0. The Morgan fingerprint density at radius 3 is 0.925 bits per heavy atom. The third-order valence-electron chi connectivity index (χ3n) is 10.6. The summed E-state index contributed by atoms with van der Waals surface area (Å²) in [5, 5.41) is 0. The van der Waals surface area contributed by atoms with Gasteiger partial charge in [0.15, 0.2) is 6.10 Å². The average Bonchev–Trinajstić information content (AvgIpc) is 3.33. The Hall–Kier alpha value is -4.45. The fraction of sp³-hybridized carbons (Fsp3) is 0.590. The zero-order chi connectivity index (χ0) is 48.6. The van der Waals surface area contributed by atoms with Gasteiger partial charge in [0.2, 0.25) is 0 Å². The first-order valence-electron chi connectivity index (χ1n) is 26.7. The Labute approximate surface area is 411 Å². The van der Waals surface area contributed by atoms with Gasteiger partial charge in [0, 0.05) is 19.3 Å². The molecule has 67 heavy (non-hydrogen) atoms. The number of carbonyl (C=O) groups excluding carboxylic acids is 3. The minimum absolute atomic E-state index is 0.116. The zero-order valence-corrected chi connectivity index (χ0v) is 42.9. The van der Waals surface area contributed by atoms with Gasteiger partial charge in [0.1, 0.15) is 13.2 Å². The van der Waals surface area contributed by atoms with Crippen molar-refractivity contribution in [2.45, 2.75) is 219 Å². The van der Waals surface area contributed by atoms with Crippen LogP contribution in [0.4, 0.5) is 0 Å². The SMILES string of the molecule is CC/C=C\C/C=C\C/C=C\C/C=C\C/C=C\C/C=C\CCC(=O)OCC(COC(=O)CCCCCCCCC/C=C\C/C=C\CC)OC(=O)CCCCCCCC/C=C\C/C=C\C/C=C\CC. The molecule has 0 heterocycles. The molecular weight excluding hydrogens is 829 g/mol. The molecule has 0 aromatic rings.